The molecule has 0 spiro atoms. The number of hydrogen-bond acceptors (Lipinski definition) is 7. The zero-order chi connectivity index (χ0) is 14.7. The number of nitrogen functional groups attached to an aromatic ring is 1. The second-order valence-electron chi connectivity index (χ2n) is 5.12. The molecule has 1 aliphatic rings. The quantitative estimate of drug-likeness (QED) is 0.846. The average molecular weight is 305 g/mol. The van der Waals surface area contributed by atoms with Crippen molar-refractivity contribution in [2.24, 2.45) is 0 Å². The van der Waals surface area contributed by atoms with Gasteiger partial charge in [-0.15, -0.1) is 0 Å². The van der Waals surface area contributed by atoms with Crippen LogP contribution in [0.1, 0.15) is 31.7 Å². The summed E-state index contributed by atoms with van der Waals surface area (Å²) in [5.41, 5.74) is 7.06. The summed E-state index contributed by atoms with van der Waals surface area (Å²) in [6.07, 6.45) is 3.24. The van der Waals surface area contributed by atoms with Crippen LogP contribution in [0.5, 0.6) is 6.01 Å². The Morgan fingerprint density at radius 3 is 2.90 bits per heavy atom. The monoisotopic (exact) mass is 305 g/mol. The van der Waals surface area contributed by atoms with Gasteiger partial charge in [-0.1, -0.05) is 6.92 Å². The lowest BCUT2D eigenvalue weighted by atomic mass is 10.3. The molecule has 112 valence electrons. The smallest absolute Gasteiger partial charge is 0.323 e. The summed E-state index contributed by atoms with van der Waals surface area (Å²) in [6, 6.07) is 2.93. The number of thiophene rings is 1. The Labute approximate surface area is 128 Å². The Balaban J connectivity index is 1.82. The van der Waals surface area contributed by atoms with Gasteiger partial charge in [0.05, 0.1) is 6.61 Å². The van der Waals surface area contributed by atoms with Crippen LogP contribution < -0.4 is 15.4 Å². The molecule has 0 aliphatic heterocycles. The summed E-state index contributed by atoms with van der Waals surface area (Å²) in [7, 11) is 0. The van der Waals surface area contributed by atoms with E-state index in [-0.39, 0.29) is 5.95 Å². The first-order valence-electron chi connectivity index (χ1n) is 7.18. The van der Waals surface area contributed by atoms with Gasteiger partial charge in [0.2, 0.25) is 11.9 Å². The minimum Gasteiger partial charge on any atom is -0.463 e. The first-order valence-corrected chi connectivity index (χ1v) is 8.12. The maximum absolute atomic E-state index is 5.80. The minimum atomic E-state index is 0.210. The standard InChI is InChI=1S/C14H19N5OS/c1-2-6-20-14-17-12(15)16-13(18-14)19(11-3-4-11)8-10-5-7-21-9-10/h5,7,9,11H,2-4,6,8H2,1H3,(H2,15,16,17,18). The molecule has 0 amide bonds. The number of aromatic nitrogens is 3. The molecule has 6 nitrogen and oxygen atoms in total. The molecule has 7 heteroatoms. The van der Waals surface area contributed by atoms with E-state index < -0.39 is 0 Å². The van der Waals surface area contributed by atoms with Crippen LogP contribution in [-0.2, 0) is 6.54 Å². The van der Waals surface area contributed by atoms with Gasteiger partial charge in [-0.05, 0) is 41.7 Å². The van der Waals surface area contributed by atoms with E-state index in [9.17, 15) is 0 Å². The highest BCUT2D eigenvalue weighted by Crippen LogP contribution is 2.32. The zero-order valence-corrected chi connectivity index (χ0v) is 12.8. The van der Waals surface area contributed by atoms with E-state index in [1.54, 1.807) is 11.3 Å². The zero-order valence-electron chi connectivity index (χ0n) is 12.0. The highest BCUT2D eigenvalue weighted by Gasteiger charge is 2.31. The van der Waals surface area contributed by atoms with Gasteiger partial charge >= 0.3 is 6.01 Å². The molecule has 1 saturated carbocycles. The first kappa shape index (κ1) is 14.1. The van der Waals surface area contributed by atoms with E-state index in [0.29, 0.717) is 24.6 Å². The fraction of sp³-hybridized carbons (Fsp3) is 0.500. The lowest BCUT2D eigenvalue weighted by Crippen LogP contribution is -2.27. The number of nitrogens with zero attached hydrogens (tertiary/aromatic N) is 4. The summed E-state index contributed by atoms with van der Waals surface area (Å²) in [4.78, 5) is 14.9. The van der Waals surface area contributed by atoms with Gasteiger partial charge in [0, 0.05) is 12.6 Å². The van der Waals surface area contributed by atoms with Crippen LogP contribution in [-0.4, -0.2) is 27.6 Å². The summed E-state index contributed by atoms with van der Waals surface area (Å²) < 4.78 is 5.50. The molecule has 0 aromatic carbocycles. The molecular formula is C14H19N5OS. The summed E-state index contributed by atoms with van der Waals surface area (Å²) >= 11 is 1.70. The van der Waals surface area contributed by atoms with Crippen LogP contribution >= 0.6 is 11.3 Å². The van der Waals surface area contributed by atoms with Crippen molar-refractivity contribution < 1.29 is 4.74 Å². The Bertz CT molecular complexity index is 585. The van der Waals surface area contributed by atoms with Gasteiger partial charge in [-0.25, -0.2) is 0 Å². The average Bonchev–Trinajstić information content (AvgIpc) is 3.18. The van der Waals surface area contributed by atoms with Crippen LogP contribution in [0.25, 0.3) is 0 Å². The maximum atomic E-state index is 5.80. The van der Waals surface area contributed by atoms with E-state index in [0.717, 1.165) is 13.0 Å². The summed E-state index contributed by atoms with van der Waals surface area (Å²) in [5, 5.41) is 4.23. The highest BCUT2D eigenvalue weighted by molar-refractivity contribution is 7.07. The van der Waals surface area contributed by atoms with Crippen molar-refractivity contribution in [1.29, 1.82) is 0 Å². The van der Waals surface area contributed by atoms with Gasteiger partial charge in [-0.2, -0.15) is 26.3 Å². The molecule has 0 unspecified atom stereocenters. The van der Waals surface area contributed by atoms with Crippen molar-refractivity contribution in [3.8, 4) is 6.01 Å². The topological polar surface area (TPSA) is 77.2 Å². The first-order chi connectivity index (χ1) is 10.3. The van der Waals surface area contributed by atoms with E-state index in [2.05, 4.69) is 36.7 Å². The van der Waals surface area contributed by atoms with Crippen molar-refractivity contribution in [3.63, 3.8) is 0 Å². The molecule has 0 saturated heterocycles. The molecule has 0 atom stereocenters. The molecule has 2 aromatic heterocycles. The van der Waals surface area contributed by atoms with E-state index in [1.807, 2.05) is 6.92 Å². The molecule has 2 N–H and O–H groups in total. The van der Waals surface area contributed by atoms with Crippen molar-refractivity contribution in [1.82, 2.24) is 15.0 Å². The van der Waals surface area contributed by atoms with Crippen molar-refractivity contribution >= 4 is 23.2 Å². The maximum Gasteiger partial charge on any atom is 0.323 e. The lowest BCUT2D eigenvalue weighted by Gasteiger charge is -2.22. The minimum absolute atomic E-state index is 0.210. The Kier molecular flexibility index (Phi) is 4.19. The van der Waals surface area contributed by atoms with Crippen LogP contribution in [0.4, 0.5) is 11.9 Å². The third-order valence-electron chi connectivity index (χ3n) is 3.23. The van der Waals surface area contributed by atoms with Gasteiger partial charge in [0.15, 0.2) is 0 Å². The molecule has 2 heterocycles. The number of ether oxygens (including phenoxy) is 1. The van der Waals surface area contributed by atoms with E-state index >= 15 is 0 Å². The van der Waals surface area contributed by atoms with E-state index in [1.165, 1.54) is 18.4 Å². The molecule has 1 fully saturated rings. The largest absolute Gasteiger partial charge is 0.463 e. The molecule has 3 rings (SSSR count). The van der Waals surface area contributed by atoms with Crippen molar-refractivity contribution in [2.45, 2.75) is 38.8 Å². The lowest BCUT2D eigenvalue weighted by molar-refractivity contribution is 0.292. The number of nitrogens with two attached hydrogens (primary N) is 1. The fourth-order valence-corrected chi connectivity index (χ4v) is 2.74. The van der Waals surface area contributed by atoms with Crippen LogP contribution in [0, 0.1) is 0 Å². The SMILES string of the molecule is CCCOc1nc(N)nc(N(Cc2ccsc2)C2CC2)n1. The highest BCUT2D eigenvalue weighted by atomic mass is 32.1. The predicted octanol–water partition coefficient (Wildman–Crippen LogP) is 2.47. The molecular weight excluding hydrogens is 286 g/mol. The predicted molar refractivity (Wildman–Crippen MR) is 83.5 cm³/mol. The molecule has 0 radical (unpaired) electrons. The van der Waals surface area contributed by atoms with Gasteiger partial charge in [0.25, 0.3) is 0 Å². The van der Waals surface area contributed by atoms with Gasteiger partial charge in [0.1, 0.15) is 0 Å². The van der Waals surface area contributed by atoms with Crippen molar-refractivity contribution in [2.75, 3.05) is 17.2 Å². The third-order valence-corrected chi connectivity index (χ3v) is 3.97. The second kappa shape index (κ2) is 6.26. The van der Waals surface area contributed by atoms with Crippen LogP contribution in [0.2, 0.25) is 0 Å². The Morgan fingerprint density at radius 1 is 1.38 bits per heavy atom. The fourth-order valence-electron chi connectivity index (χ4n) is 2.08. The number of anilines is 2. The molecule has 0 bridgehead atoms. The molecule has 1 aliphatic carbocycles. The summed E-state index contributed by atoms with van der Waals surface area (Å²) in [6.45, 7) is 3.42. The van der Waals surface area contributed by atoms with Gasteiger partial charge < -0.3 is 15.4 Å². The van der Waals surface area contributed by atoms with Crippen LogP contribution in [0.15, 0.2) is 16.8 Å². The van der Waals surface area contributed by atoms with Crippen LogP contribution in [0.3, 0.4) is 0 Å². The number of rotatable bonds is 7. The molecule has 21 heavy (non-hydrogen) atoms. The summed E-state index contributed by atoms with van der Waals surface area (Å²) in [5.74, 6) is 0.823. The van der Waals surface area contributed by atoms with Crippen molar-refractivity contribution in [3.05, 3.63) is 22.4 Å². The number of hydrogen-bond donors (Lipinski definition) is 1. The Morgan fingerprint density at radius 2 is 2.24 bits per heavy atom. The van der Waals surface area contributed by atoms with Gasteiger partial charge in [-0.3, -0.25) is 0 Å². The second-order valence-corrected chi connectivity index (χ2v) is 5.90. The molecule has 2 aromatic rings. The third kappa shape index (κ3) is 3.60. The van der Waals surface area contributed by atoms with E-state index in [4.69, 9.17) is 10.5 Å². The Hall–Kier alpha value is -1.89. The normalized spacial score (nSPS) is 14.1.